The lowest BCUT2D eigenvalue weighted by Gasteiger charge is -2.19. The zero-order valence-electron chi connectivity index (χ0n) is 18.6. The molecule has 0 aliphatic carbocycles. The second-order valence-corrected chi connectivity index (χ2v) is 8.31. The summed E-state index contributed by atoms with van der Waals surface area (Å²) in [6, 6.07) is 19.2. The van der Waals surface area contributed by atoms with Crippen LogP contribution in [0.1, 0.15) is 17.5 Å². The van der Waals surface area contributed by atoms with E-state index in [1.165, 1.54) is 6.07 Å². The Morgan fingerprint density at radius 3 is 2.47 bits per heavy atom. The number of aliphatic hydroxyl groups excluding tert-OH is 1. The highest BCUT2D eigenvalue weighted by Gasteiger charge is 2.28. The van der Waals surface area contributed by atoms with Crippen LogP contribution in [0.25, 0.3) is 22.0 Å². The van der Waals surface area contributed by atoms with Crippen LogP contribution in [0.15, 0.2) is 71.5 Å². The van der Waals surface area contributed by atoms with Crippen LogP contribution in [0.3, 0.4) is 0 Å². The van der Waals surface area contributed by atoms with Gasteiger partial charge in [0, 0.05) is 0 Å². The molecule has 0 unspecified atom stereocenters. The molecule has 3 aromatic carbocycles. The number of aliphatic carboxylic acids is 1. The number of hydrogen-bond donors (Lipinski definition) is 2. The van der Waals surface area contributed by atoms with Gasteiger partial charge in [0.15, 0.2) is 0 Å². The van der Waals surface area contributed by atoms with E-state index in [-0.39, 0.29) is 18.8 Å². The number of carboxylic acid groups (broad SMARTS) is 1. The number of hydrogen-bond acceptors (Lipinski definition) is 5. The minimum Gasteiger partial charge on any atom is -0.481 e. The highest BCUT2D eigenvalue weighted by atomic mass is 19.1. The first kappa shape index (κ1) is 23.3. The van der Waals surface area contributed by atoms with Gasteiger partial charge in [-0.25, -0.2) is 9.07 Å². The summed E-state index contributed by atoms with van der Waals surface area (Å²) in [5.74, 6) is -2.70. The molecule has 8 heteroatoms. The summed E-state index contributed by atoms with van der Waals surface area (Å²) >= 11 is 0. The van der Waals surface area contributed by atoms with Gasteiger partial charge in [0.25, 0.3) is 5.56 Å². The van der Waals surface area contributed by atoms with E-state index in [9.17, 15) is 24.2 Å². The van der Waals surface area contributed by atoms with Gasteiger partial charge in [-0.2, -0.15) is 0 Å². The molecule has 0 saturated carbocycles. The largest absolute Gasteiger partial charge is 0.481 e. The van der Waals surface area contributed by atoms with Gasteiger partial charge in [-0.15, -0.1) is 5.10 Å². The lowest BCUT2D eigenvalue weighted by atomic mass is 9.95. The molecule has 174 valence electrons. The number of carbonyl (C=O) groups is 1. The minimum atomic E-state index is -1.22. The zero-order chi connectivity index (χ0) is 24.2. The van der Waals surface area contributed by atoms with Crippen molar-refractivity contribution in [2.75, 3.05) is 0 Å². The maximum absolute atomic E-state index is 13.8. The molecule has 1 heterocycles. The molecule has 0 fully saturated rings. The predicted octanol–water partition coefficient (Wildman–Crippen LogP) is 3.60. The molecule has 1 aromatic heterocycles. The molecule has 0 bridgehead atoms. The van der Waals surface area contributed by atoms with Gasteiger partial charge >= 0.3 is 5.97 Å². The van der Waals surface area contributed by atoms with Crippen LogP contribution in [0.4, 0.5) is 4.39 Å². The minimum absolute atomic E-state index is 0.186. The van der Waals surface area contributed by atoms with Crippen LogP contribution in [0.2, 0.25) is 0 Å². The molecular weight excluding hydrogens is 437 g/mol. The molecule has 0 spiro atoms. The number of carboxylic acids is 1. The van der Waals surface area contributed by atoms with Crippen LogP contribution >= 0.6 is 0 Å². The fraction of sp³-hybridized carbons (Fsp3) is 0.231. The van der Waals surface area contributed by atoms with Crippen molar-refractivity contribution in [3.63, 3.8) is 0 Å². The van der Waals surface area contributed by atoms with Crippen molar-refractivity contribution in [1.82, 2.24) is 15.0 Å². The normalized spacial score (nSPS) is 13.0. The summed E-state index contributed by atoms with van der Waals surface area (Å²) in [6.45, 7) is 1.42. The number of aliphatic hydroxyl groups is 1. The SMILES string of the molecule is Cc1ccc(-c2ccc(CC[C@@H](O)[C@@H](Cn3nnc4ccccc4c3=O)C(=O)O)cc2)cc1F. The molecule has 0 aliphatic heterocycles. The highest BCUT2D eigenvalue weighted by molar-refractivity contribution is 5.76. The van der Waals surface area contributed by atoms with Crippen molar-refractivity contribution in [1.29, 1.82) is 0 Å². The Morgan fingerprint density at radius 1 is 1.06 bits per heavy atom. The second kappa shape index (κ2) is 9.93. The third-order valence-electron chi connectivity index (χ3n) is 5.97. The number of aryl methyl sites for hydroxylation is 2. The fourth-order valence-corrected chi connectivity index (χ4v) is 3.85. The summed E-state index contributed by atoms with van der Waals surface area (Å²) in [5.41, 5.74) is 3.09. The molecular formula is C26H24FN3O4. The molecule has 0 aliphatic rings. The van der Waals surface area contributed by atoms with Gasteiger partial charge < -0.3 is 10.2 Å². The molecule has 0 amide bonds. The predicted molar refractivity (Wildman–Crippen MR) is 126 cm³/mol. The molecule has 2 N–H and O–H groups in total. The summed E-state index contributed by atoms with van der Waals surface area (Å²) in [5, 5.41) is 28.4. The van der Waals surface area contributed by atoms with Crippen LogP contribution in [0, 0.1) is 18.7 Å². The van der Waals surface area contributed by atoms with Gasteiger partial charge in [-0.3, -0.25) is 9.59 Å². The van der Waals surface area contributed by atoms with Crippen LogP contribution in [0.5, 0.6) is 0 Å². The summed E-state index contributed by atoms with van der Waals surface area (Å²) < 4.78 is 14.8. The third kappa shape index (κ3) is 5.02. The van der Waals surface area contributed by atoms with Crippen LogP contribution in [-0.2, 0) is 17.8 Å². The Labute approximate surface area is 195 Å². The van der Waals surface area contributed by atoms with Crippen molar-refractivity contribution in [3.8, 4) is 11.1 Å². The van der Waals surface area contributed by atoms with Gasteiger partial charge in [0.1, 0.15) is 17.3 Å². The average Bonchev–Trinajstić information content (AvgIpc) is 2.84. The molecule has 34 heavy (non-hydrogen) atoms. The van der Waals surface area contributed by atoms with E-state index in [1.807, 2.05) is 30.3 Å². The zero-order valence-corrected chi connectivity index (χ0v) is 18.6. The molecule has 4 rings (SSSR count). The maximum atomic E-state index is 13.8. The maximum Gasteiger partial charge on any atom is 0.311 e. The Balaban J connectivity index is 1.44. The Hall–Kier alpha value is -3.91. The Bertz CT molecular complexity index is 1390. The summed E-state index contributed by atoms with van der Waals surface area (Å²) in [7, 11) is 0. The standard InChI is InChI=1S/C26H24FN3O4/c1-16-6-10-19(14-22(16)27)18-11-7-17(8-12-18)9-13-24(31)21(26(33)34)15-30-25(32)20-4-2-3-5-23(20)28-29-30/h2-8,10-12,14,21,24,31H,9,13,15H2,1H3,(H,33,34)/t21-,24-/m1/s1. The quantitative estimate of drug-likeness (QED) is 0.415. The Kier molecular flexibility index (Phi) is 6.79. The van der Waals surface area contributed by atoms with E-state index in [2.05, 4.69) is 10.3 Å². The molecule has 4 aromatic rings. The monoisotopic (exact) mass is 461 g/mol. The number of rotatable bonds is 8. The fourth-order valence-electron chi connectivity index (χ4n) is 3.85. The third-order valence-corrected chi connectivity index (χ3v) is 5.97. The van der Waals surface area contributed by atoms with Gasteiger partial charge in [0.2, 0.25) is 0 Å². The molecule has 0 radical (unpaired) electrons. The molecule has 7 nitrogen and oxygen atoms in total. The lowest BCUT2D eigenvalue weighted by Crippen LogP contribution is -2.37. The number of aromatic nitrogens is 3. The first-order valence-electron chi connectivity index (χ1n) is 10.9. The van der Waals surface area contributed by atoms with Crippen molar-refractivity contribution < 1.29 is 19.4 Å². The first-order chi connectivity index (χ1) is 16.3. The summed E-state index contributed by atoms with van der Waals surface area (Å²) in [4.78, 5) is 24.5. The van der Waals surface area contributed by atoms with E-state index in [4.69, 9.17) is 0 Å². The van der Waals surface area contributed by atoms with E-state index in [0.29, 0.717) is 22.9 Å². The van der Waals surface area contributed by atoms with E-state index < -0.39 is 23.6 Å². The average molecular weight is 461 g/mol. The van der Waals surface area contributed by atoms with Crippen molar-refractivity contribution in [3.05, 3.63) is 94.0 Å². The molecule has 2 atom stereocenters. The highest BCUT2D eigenvalue weighted by Crippen LogP contribution is 2.23. The van der Waals surface area contributed by atoms with Crippen LogP contribution in [-0.4, -0.2) is 37.3 Å². The van der Waals surface area contributed by atoms with Gasteiger partial charge in [-0.05, 0) is 60.2 Å². The van der Waals surface area contributed by atoms with Crippen molar-refractivity contribution in [2.45, 2.75) is 32.4 Å². The molecule has 0 saturated heterocycles. The van der Waals surface area contributed by atoms with Crippen molar-refractivity contribution in [2.24, 2.45) is 5.92 Å². The first-order valence-corrected chi connectivity index (χ1v) is 10.9. The lowest BCUT2D eigenvalue weighted by molar-refractivity contribution is -0.146. The van der Waals surface area contributed by atoms with Crippen molar-refractivity contribution >= 4 is 16.9 Å². The number of nitrogens with zero attached hydrogens (tertiary/aromatic N) is 3. The van der Waals surface area contributed by atoms with E-state index in [1.54, 1.807) is 37.3 Å². The second-order valence-electron chi connectivity index (χ2n) is 8.31. The smallest absolute Gasteiger partial charge is 0.311 e. The van der Waals surface area contributed by atoms with E-state index >= 15 is 0 Å². The van der Waals surface area contributed by atoms with Gasteiger partial charge in [-0.1, -0.05) is 53.7 Å². The Morgan fingerprint density at radius 2 is 1.76 bits per heavy atom. The number of fused-ring (bicyclic) bond motifs is 1. The topological polar surface area (TPSA) is 105 Å². The number of benzene rings is 3. The van der Waals surface area contributed by atoms with Gasteiger partial charge in [0.05, 0.1) is 18.0 Å². The van der Waals surface area contributed by atoms with E-state index in [0.717, 1.165) is 21.4 Å². The number of halogens is 1. The van der Waals surface area contributed by atoms with Crippen LogP contribution < -0.4 is 5.56 Å². The summed E-state index contributed by atoms with van der Waals surface area (Å²) in [6.07, 6.45) is -0.569.